The third-order valence-electron chi connectivity index (χ3n) is 4.28. The second-order valence-corrected chi connectivity index (χ2v) is 5.65. The lowest BCUT2D eigenvalue weighted by Crippen LogP contribution is -2.52. The zero-order chi connectivity index (χ0) is 15.5. The first-order valence-corrected chi connectivity index (χ1v) is 7.14. The molecule has 6 nitrogen and oxygen atoms in total. The van der Waals surface area contributed by atoms with Gasteiger partial charge in [0.05, 0.1) is 12.0 Å². The van der Waals surface area contributed by atoms with Crippen molar-refractivity contribution < 1.29 is 14.7 Å². The summed E-state index contributed by atoms with van der Waals surface area (Å²) in [6.07, 6.45) is 4.18. The van der Waals surface area contributed by atoms with Crippen molar-refractivity contribution in [2.45, 2.75) is 44.1 Å². The minimum atomic E-state index is -0.905. The van der Waals surface area contributed by atoms with Crippen LogP contribution in [-0.4, -0.2) is 39.5 Å². The van der Waals surface area contributed by atoms with Gasteiger partial charge in [0.2, 0.25) is 5.56 Å². The molecular formula is C15H20N2O4. The van der Waals surface area contributed by atoms with Crippen LogP contribution in [0.2, 0.25) is 0 Å². The number of nitrogens with zero attached hydrogens (tertiary/aromatic N) is 1. The highest BCUT2D eigenvalue weighted by Gasteiger charge is 2.40. The van der Waals surface area contributed by atoms with E-state index < -0.39 is 11.5 Å². The molecule has 0 aromatic carbocycles. The van der Waals surface area contributed by atoms with E-state index in [1.807, 2.05) is 0 Å². The number of rotatable bonds is 4. The van der Waals surface area contributed by atoms with Gasteiger partial charge in [0.25, 0.3) is 5.91 Å². The maximum Gasteiger partial charge on any atom is 0.305 e. The van der Waals surface area contributed by atoms with E-state index in [0.29, 0.717) is 12.8 Å². The van der Waals surface area contributed by atoms with Gasteiger partial charge in [-0.3, -0.25) is 14.4 Å². The van der Waals surface area contributed by atoms with Crippen molar-refractivity contribution in [1.82, 2.24) is 9.88 Å². The largest absolute Gasteiger partial charge is 0.481 e. The van der Waals surface area contributed by atoms with Crippen molar-refractivity contribution in [3.05, 3.63) is 34.2 Å². The second kappa shape index (κ2) is 6.11. The Labute approximate surface area is 122 Å². The zero-order valence-electron chi connectivity index (χ0n) is 12.1. The molecule has 1 heterocycles. The summed E-state index contributed by atoms with van der Waals surface area (Å²) >= 11 is 0. The van der Waals surface area contributed by atoms with Crippen LogP contribution in [0.25, 0.3) is 0 Å². The molecule has 0 bridgehead atoms. The molecule has 6 heteroatoms. The van der Waals surface area contributed by atoms with Gasteiger partial charge in [0.1, 0.15) is 5.69 Å². The fourth-order valence-electron chi connectivity index (χ4n) is 3.09. The van der Waals surface area contributed by atoms with Crippen LogP contribution >= 0.6 is 0 Å². The SMILES string of the molecule is CN(C(=O)c1cccc(=O)[nH]1)C1(CC(=O)O)CCCCC1. The molecule has 0 unspecified atom stereocenters. The average molecular weight is 292 g/mol. The Morgan fingerprint density at radius 3 is 2.52 bits per heavy atom. The minimum absolute atomic E-state index is 0.0632. The van der Waals surface area contributed by atoms with Crippen molar-refractivity contribution in [3.8, 4) is 0 Å². The van der Waals surface area contributed by atoms with Gasteiger partial charge in [-0.1, -0.05) is 25.3 Å². The minimum Gasteiger partial charge on any atom is -0.481 e. The molecule has 0 atom stereocenters. The maximum atomic E-state index is 12.5. The molecule has 1 aliphatic carbocycles. The molecule has 21 heavy (non-hydrogen) atoms. The third kappa shape index (κ3) is 3.32. The molecule has 1 amide bonds. The molecule has 0 spiro atoms. The first-order valence-electron chi connectivity index (χ1n) is 7.14. The summed E-state index contributed by atoms with van der Waals surface area (Å²) in [6, 6.07) is 4.40. The van der Waals surface area contributed by atoms with Crippen LogP contribution in [0.3, 0.4) is 0 Å². The van der Waals surface area contributed by atoms with Crippen molar-refractivity contribution in [1.29, 1.82) is 0 Å². The van der Waals surface area contributed by atoms with Gasteiger partial charge in [0, 0.05) is 13.1 Å². The third-order valence-corrected chi connectivity index (χ3v) is 4.28. The highest BCUT2D eigenvalue weighted by atomic mass is 16.4. The van der Waals surface area contributed by atoms with Gasteiger partial charge in [0.15, 0.2) is 0 Å². The van der Waals surface area contributed by atoms with Crippen molar-refractivity contribution in [2.75, 3.05) is 7.05 Å². The highest BCUT2D eigenvalue weighted by molar-refractivity contribution is 5.93. The second-order valence-electron chi connectivity index (χ2n) is 5.65. The topological polar surface area (TPSA) is 90.5 Å². The van der Waals surface area contributed by atoms with E-state index in [1.165, 1.54) is 23.1 Å². The first-order chi connectivity index (χ1) is 9.94. The molecule has 1 aromatic heterocycles. The zero-order valence-corrected chi connectivity index (χ0v) is 12.1. The van der Waals surface area contributed by atoms with E-state index in [1.54, 1.807) is 7.05 Å². The summed E-state index contributed by atoms with van der Waals surface area (Å²) in [5.74, 6) is -1.24. The number of H-pyrrole nitrogens is 1. The fourth-order valence-corrected chi connectivity index (χ4v) is 3.09. The van der Waals surface area contributed by atoms with E-state index in [4.69, 9.17) is 0 Å². The average Bonchev–Trinajstić information content (AvgIpc) is 2.46. The van der Waals surface area contributed by atoms with Crippen molar-refractivity contribution in [3.63, 3.8) is 0 Å². The van der Waals surface area contributed by atoms with Gasteiger partial charge in [-0.05, 0) is 18.9 Å². The molecule has 1 saturated carbocycles. The smallest absolute Gasteiger partial charge is 0.305 e. The predicted octanol–water partition coefficient (Wildman–Crippen LogP) is 1.62. The molecule has 1 aromatic rings. The molecule has 0 saturated heterocycles. The summed E-state index contributed by atoms with van der Waals surface area (Å²) in [7, 11) is 1.63. The molecule has 114 valence electrons. The lowest BCUT2D eigenvalue weighted by Gasteiger charge is -2.43. The fraction of sp³-hybridized carbons (Fsp3) is 0.533. The van der Waals surface area contributed by atoms with Crippen LogP contribution in [0.1, 0.15) is 49.0 Å². The van der Waals surface area contributed by atoms with Crippen LogP contribution < -0.4 is 5.56 Å². The number of carbonyl (C=O) groups excluding carboxylic acids is 1. The lowest BCUT2D eigenvalue weighted by molar-refractivity contribution is -0.140. The Morgan fingerprint density at radius 2 is 1.95 bits per heavy atom. The molecule has 1 aliphatic rings. The molecular weight excluding hydrogens is 272 g/mol. The quantitative estimate of drug-likeness (QED) is 0.882. The van der Waals surface area contributed by atoms with Crippen LogP contribution in [-0.2, 0) is 4.79 Å². The summed E-state index contributed by atoms with van der Waals surface area (Å²) in [5, 5.41) is 9.18. The van der Waals surface area contributed by atoms with Gasteiger partial charge < -0.3 is 15.0 Å². The van der Waals surface area contributed by atoms with E-state index in [9.17, 15) is 19.5 Å². The number of nitrogens with one attached hydrogen (secondary N) is 1. The summed E-state index contributed by atoms with van der Waals surface area (Å²) in [5.41, 5.74) is -0.807. The highest BCUT2D eigenvalue weighted by Crippen LogP contribution is 2.36. The number of carbonyl (C=O) groups is 2. The summed E-state index contributed by atoms with van der Waals surface area (Å²) < 4.78 is 0. The summed E-state index contributed by atoms with van der Waals surface area (Å²) in [4.78, 5) is 39.1. The number of carboxylic acids is 1. The number of aromatic amines is 1. The van der Waals surface area contributed by atoms with Gasteiger partial charge in [-0.2, -0.15) is 0 Å². The Balaban J connectivity index is 2.29. The molecule has 0 radical (unpaired) electrons. The standard InChI is InChI=1S/C15H20N2O4/c1-17(14(21)11-6-5-7-12(18)16-11)15(10-13(19)20)8-3-2-4-9-15/h5-7H,2-4,8-10H2,1H3,(H,16,18)(H,19,20). The normalized spacial score (nSPS) is 17.2. The van der Waals surface area contributed by atoms with Gasteiger partial charge in [-0.25, -0.2) is 0 Å². The number of hydrogen-bond acceptors (Lipinski definition) is 3. The first kappa shape index (κ1) is 15.3. The van der Waals surface area contributed by atoms with Crippen LogP contribution in [0.15, 0.2) is 23.0 Å². The van der Waals surface area contributed by atoms with E-state index in [2.05, 4.69) is 4.98 Å². The van der Waals surface area contributed by atoms with E-state index >= 15 is 0 Å². The van der Waals surface area contributed by atoms with E-state index in [-0.39, 0.29) is 23.6 Å². The molecule has 2 N–H and O–H groups in total. The van der Waals surface area contributed by atoms with Crippen LogP contribution in [0, 0.1) is 0 Å². The summed E-state index contributed by atoms with van der Waals surface area (Å²) in [6.45, 7) is 0. The number of pyridine rings is 1. The Morgan fingerprint density at radius 1 is 1.29 bits per heavy atom. The van der Waals surface area contributed by atoms with Crippen LogP contribution in [0.4, 0.5) is 0 Å². The predicted molar refractivity (Wildman–Crippen MR) is 77.2 cm³/mol. The Bertz CT molecular complexity index is 587. The molecule has 0 aliphatic heterocycles. The lowest BCUT2D eigenvalue weighted by atomic mass is 9.78. The molecule has 2 rings (SSSR count). The number of carboxylic acid groups (broad SMARTS) is 1. The van der Waals surface area contributed by atoms with Gasteiger partial charge in [-0.15, -0.1) is 0 Å². The Hall–Kier alpha value is -2.11. The van der Waals surface area contributed by atoms with Crippen molar-refractivity contribution >= 4 is 11.9 Å². The number of amides is 1. The van der Waals surface area contributed by atoms with Crippen LogP contribution in [0.5, 0.6) is 0 Å². The Kier molecular flexibility index (Phi) is 4.45. The molecule has 1 fully saturated rings. The number of aliphatic carboxylic acids is 1. The number of hydrogen-bond donors (Lipinski definition) is 2. The van der Waals surface area contributed by atoms with E-state index in [0.717, 1.165) is 19.3 Å². The van der Waals surface area contributed by atoms with Crippen molar-refractivity contribution in [2.24, 2.45) is 0 Å². The number of aromatic nitrogens is 1. The monoisotopic (exact) mass is 292 g/mol. The maximum absolute atomic E-state index is 12.5. The van der Waals surface area contributed by atoms with Gasteiger partial charge >= 0.3 is 5.97 Å².